The number of ether oxygens (including phenoxy) is 1. The van der Waals surface area contributed by atoms with Crippen molar-refractivity contribution in [2.24, 2.45) is 0 Å². The molecule has 0 saturated carbocycles. The third kappa shape index (κ3) is 3.99. The number of halogens is 2. The molecule has 0 spiro atoms. The van der Waals surface area contributed by atoms with Gasteiger partial charge in [-0.25, -0.2) is 4.39 Å². The van der Waals surface area contributed by atoms with Crippen LogP contribution < -0.4 is 4.74 Å². The second kappa shape index (κ2) is 6.95. The maximum absolute atomic E-state index is 13.5. The standard InChI is InChI=1S/C16H12ClFO2/c17-14-5-8-16(18)13(10-14)11-20-15-6-3-12(4-7-15)2-1-9-19/h3-8,10,19H,9,11H2. The summed E-state index contributed by atoms with van der Waals surface area (Å²) in [5.41, 5.74) is 1.18. The van der Waals surface area contributed by atoms with Crippen LogP contribution in [-0.2, 0) is 6.61 Å². The van der Waals surface area contributed by atoms with Crippen LogP contribution in [0.15, 0.2) is 42.5 Å². The lowest BCUT2D eigenvalue weighted by atomic mass is 10.2. The molecule has 102 valence electrons. The zero-order valence-corrected chi connectivity index (χ0v) is 11.3. The summed E-state index contributed by atoms with van der Waals surface area (Å²) < 4.78 is 19.0. The molecule has 0 atom stereocenters. The molecule has 4 heteroatoms. The SMILES string of the molecule is OCC#Cc1ccc(OCc2cc(Cl)ccc2F)cc1. The van der Waals surface area contributed by atoms with E-state index in [4.69, 9.17) is 21.4 Å². The average Bonchev–Trinajstić information content (AvgIpc) is 2.47. The van der Waals surface area contributed by atoms with Gasteiger partial charge in [-0.3, -0.25) is 0 Å². The maximum Gasteiger partial charge on any atom is 0.129 e. The Kier molecular flexibility index (Phi) is 5.00. The predicted octanol–water partition coefficient (Wildman–Crippen LogP) is 3.40. The quantitative estimate of drug-likeness (QED) is 0.878. The van der Waals surface area contributed by atoms with Gasteiger partial charge < -0.3 is 9.84 Å². The van der Waals surface area contributed by atoms with Crippen molar-refractivity contribution in [3.8, 4) is 17.6 Å². The minimum absolute atomic E-state index is 0.105. The highest BCUT2D eigenvalue weighted by atomic mass is 35.5. The molecule has 0 fully saturated rings. The normalized spacial score (nSPS) is 9.75. The van der Waals surface area contributed by atoms with Gasteiger partial charge in [0.2, 0.25) is 0 Å². The highest BCUT2D eigenvalue weighted by molar-refractivity contribution is 6.30. The van der Waals surface area contributed by atoms with Gasteiger partial charge >= 0.3 is 0 Å². The van der Waals surface area contributed by atoms with Crippen LogP contribution in [0.25, 0.3) is 0 Å². The van der Waals surface area contributed by atoms with E-state index in [-0.39, 0.29) is 19.0 Å². The van der Waals surface area contributed by atoms with Crippen LogP contribution in [0.3, 0.4) is 0 Å². The van der Waals surface area contributed by atoms with E-state index in [1.165, 1.54) is 18.2 Å². The molecule has 2 aromatic carbocycles. The Balaban J connectivity index is 2.02. The Morgan fingerprint density at radius 3 is 2.60 bits per heavy atom. The van der Waals surface area contributed by atoms with E-state index in [1.807, 2.05) is 0 Å². The van der Waals surface area contributed by atoms with E-state index in [1.54, 1.807) is 24.3 Å². The molecule has 0 aromatic heterocycles. The summed E-state index contributed by atoms with van der Waals surface area (Å²) in [6, 6.07) is 11.4. The topological polar surface area (TPSA) is 29.5 Å². The van der Waals surface area contributed by atoms with E-state index in [0.29, 0.717) is 16.3 Å². The molecule has 0 saturated heterocycles. The van der Waals surface area contributed by atoms with Gasteiger partial charge in [0.15, 0.2) is 0 Å². The summed E-state index contributed by atoms with van der Waals surface area (Å²) in [5, 5.41) is 9.07. The zero-order valence-electron chi connectivity index (χ0n) is 10.6. The fraction of sp³-hybridized carbons (Fsp3) is 0.125. The summed E-state index contributed by atoms with van der Waals surface area (Å²) in [6.07, 6.45) is 0. The van der Waals surface area contributed by atoms with Gasteiger partial charge in [0.05, 0.1) is 0 Å². The summed E-state index contributed by atoms with van der Waals surface area (Å²) in [5.74, 6) is 5.60. The van der Waals surface area contributed by atoms with Gasteiger partial charge in [0.25, 0.3) is 0 Å². The average molecular weight is 291 g/mol. The Morgan fingerprint density at radius 1 is 1.15 bits per heavy atom. The molecule has 1 N–H and O–H groups in total. The van der Waals surface area contributed by atoms with Crippen LogP contribution >= 0.6 is 11.6 Å². The van der Waals surface area contributed by atoms with Crippen molar-refractivity contribution in [1.82, 2.24) is 0 Å². The predicted molar refractivity (Wildman–Crippen MR) is 76.1 cm³/mol. The van der Waals surface area contributed by atoms with E-state index >= 15 is 0 Å². The van der Waals surface area contributed by atoms with Crippen LogP contribution in [0, 0.1) is 17.7 Å². The van der Waals surface area contributed by atoms with Gasteiger partial charge in [-0.2, -0.15) is 0 Å². The Labute approximate surface area is 121 Å². The summed E-state index contributed by atoms with van der Waals surface area (Å²) in [4.78, 5) is 0. The summed E-state index contributed by atoms with van der Waals surface area (Å²) >= 11 is 5.81. The Bertz CT molecular complexity index is 642. The lowest BCUT2D eigenvalue weighted by Gasteiger charge is -2.07. The molecule has 2 nitrogen and oxygen atoms in total. The smallest absolute Gasteiger partial charge is 0.129 e. The van der Waals surface area contributed by atoms with Gasteiger partial charge in [0, 0.05) is 16.1 Å². The molecule has 20 heavy (non-hydrogen) atoms. The first-order chi connectivity index (χ1) is 9.69. The van der Waals surface area contributed by atoms with Crippen molar-refractivity contribution in [2.75, 3.05) is 6.61 Å². The minimum Gasteiger partial charge on any atom is -0.489 e. The molecule has 0 aliphatic rings. The molecule has 0 heterocycles. The highest BCUT2D eigenvalue weighted by Gasteiger charge is 2.04. The molecule has 2 rings (SSSR count). The number of hydrogen-bond donors (Lipinski definition) is 1. The molecule has 0 aliphatic carbocycles. The van der Waals surface area contributed by atoms with Crippen LogP contribution in [0.1, 0.15) is 11.1 Å². The van der Waals surface area contributed by atoms with Crippen molar-refractivity contribution in [2.45, 2.75) is 6.61 Å². The molecule has 0 radical (unpaired) electrons. The fourth-order valence-corrected chi connectivity index (χ4v) is 1.79. The fourth-order valence-electron chi connectivity index (χ4n) is 1.59. The Morgan fingerprint density at radius 2 is 1.90 bits per heavy atom. The van der Waals surface area contributed by atoms with Gasteiger partial charge in [-0.1, -0.05) is 23.4 Å². The van der Waals surface area contributed by atoms with Gasteiger partial charge in [-0.15, -0.1) is 0 Å². The van der Waals surface area contributed by atoms with Crippen LogP contribution in [0.2, 0.25) is 5.02 Å². The van der Waals surface area contributed by atoms with E-state index in [0.717, 1.165) is 5.56 Å². The molecular weight excluding hydrogens is 279 g/mol. The molecule has 2 aromatic rings. The Hall–Kier alpha value is -2.02. The number of aliphatic hydroxyl groups excluding tert-OH is 1. The summed E-state index contributed by atoms with van der Waals surface area (Å²) in [6.45, 7) is -0.0691. The van der Waals surface area contributed by atoms with Crippen LogP contribution in [0.4, 0.5) is 4.39 Å². The molecule has 0 unspecified atom stereocenters. The first-order valence-corrected chi connectivity index (χ1v) is 6.33. The summed E-state index contributed by atoms with van der Waals surface area (Å²) in [7, 11) is 0. The van der Waals surface area contributed by atoms with E-state index in [2.05, 4.69) is 11.8 Å². The van der Waals surface area contributed by atoms with Crippen molar-refractivity contribution < 1.29 is 14.2 Å². The highest BCUT2D eigenvalue weighted by Crippen LogP contribution is 2.18. The lowest BCUT2D eigenvalue weighted by Crippen LogP contribution is -1.98. The maximum atomic E-state index is 13.5. The molecular formula is C16H12ClFO2. The number of benzene rings is 2. The second-order valence-electron chi connectivity index (χ2n) is 4.01. The minimum atomic E-state index is -0.347. The first-order valence-electron chi connectivity index (χ1n) is 5.95. The number of rotatable bonds is 3. The second-order valence-corrected chi connectivity index (χ2v) is 4.45. The number of aliphatic hydroxyl groups is 1. The molecule has 0 amide bonds. The van der Waals surface area contributed by atoms with Crippen molar-refractivity contribution in [3.05, 3.63) is 64.4 Å². The van der Waals surface area contributed by atoms with E-state index in [9.17, 15) is 4.39 Å². The first kappa shape index (κ1) is 14.4. The molecule has 0 aliphatic heterocycles. The van der Waals surface area contributed by atoms with Crippen LogP contribution in [0.5, 0.6) is 5.75 Å². The monoisotopic (exact) mass is 290 g/mol. The zero-order chi connectivity index (χ0) is 14.4. The van der Waals surface area contributed by atoms with Crippen molar-refractivity contribution in [1.29, 1.82) is 0 Å². The lowest BCUT2D eigenvalue weighted by molar-refractivity contribution is 0.300. The third-order valence-corrected chi connectivity index (χ3v) is 2.80. The number of hydrogen-bond acceptors (Lipinski definition) is 2. The van der Waals surface area contributed by atoms with E-state index < -0.39 is 0 Å². The molecule has 0 bridgehead atoms. The van der Waals surface area contributed by atoms with Gasteiger partial charge in [-0.05, 0) is 42.5 Å². The largest absolute Gasteiger partial charge is 0.489 e. The van der Waals surface area contributed by atoms with Crippen LogP contribution in [-0.4, -0.2) is 11.7 Å². The third-order valence-electron chi connectivity index (χ3n) is 2.57. The van der Waals surface area contributed by atoms with Gasteiger partial charge in [0.1, 0.15) is 24.8 Å². The van der Waals surface area contributed by atoms with Crippen molar-refractivity contribution >= 4 is 11.6 Å². The van der Waals surface area contributed by atoms with Crippen molar-refractivity contribution in [3.63, 3.8) is 0 Å².